The van der Waals surface area contributed by atoms with E-state index < -0.39 is 9.14 Å². The molecule has 0 unspecified atom stereocenters. The summed E-state index contributed by atoms with van der Waals surface area (Å²) >= 11 is 0. The van der Waals surface area contributed by atoms with E-state index in [2.05, 4.69) is 4.43 Å². The summed E-state index contributed by atoms with van der Waals surface area (Å²) < 4.78 is 16.3. The maximum Gasteiger partial charge on any atom is 0.785 e. The first-order valence-electron chi connectivity index (χ1n) is 2.96. The van der Waals surface area contributed by atoms with E-state index in [-0.39, 0.29) is 5.75 Å². The van der Waals surface area contributed by atoms with E-state index in [1.807, 2.05) is 0 Å². The molecule has 0 aromatic heterocycles. The molecule has 0 fully saturated rings. The van der Waals surface area contributed by atoms with Crippen molar-refractivity contribution in [3.05, 3.63) is 30.3 Å². The Bertz CT molecular complexity index is 221. The van der Waals surface area contributed by atoms with Crippen LogP contribution >= 0.6 is 0 Å². The zero-order valence-electron chi connectivity index (χ0n) is 5.57. The van der Waals surface area contributed by atoms with Crippen molar-refractivity contribution >= 4 is 9.14 Å². The fourth-order valence-corrected chi connectivity index (χ4v) is 1.07. The third-order valence-electron chi connectivity index (χ3n) is 0.991. The van der Waals surface area contributed by atoms with Gasteiger partial charge in [-0.05, 0) is 12.1 Å². The Balaban J connectivity index is 2.66. The van der Waals surface area contributed by atoms with Crippen LogP contribution in [-0.4, -0.2) is 18.7 Å². The first-order valence-corrected chi connectivity index (χ1v) is 4.64. The molecule has 0 bridgehead atoms. The highest BCUT2D eigenvalue weighted by Crippen LogP contribution is 2.11. The van der Waals surface area contributed by atoms with Gasteiger partial charge in [-0.15, -0.1) is 0 Å². The summed E-state index contributed by atoms with van der Waals surface area (Å²) in [5.41, 5.74) is 0. The van der Waals surface area contributed by atoms with Gasteiger partial charge in [0.1, 0.15) is 5.75 Å². The predicted octanol–water partition coefficient (Wildman–Crippen LogP) is 0.455. The summed E-state index contributed by atoms with van der Waals surface area (Å²) in [4.78, 5) is 16.6. The van der Waals surface area contributed by atoms with Crippen molar-refractivity contribution in [1.82, 2.24) is 0 Å². The lowest BCUT2D eigenvalue weighted by Gasteiger charge is -2.08. The van der Waals surface area contributed by atoms with Gasteiger partial charge in [0.2, 0.25) is 0 Å². The molecule has 1 rings (SSSR count). The van der Waals surface area contributed by atoms with Crippen LogP contribution in [0.5, 0.6) is 5.75 Å². The zero-order valence-corrected chi connectivity index (χ0v) is 6.57. The van der Waals surface area contributed by atoms with E-state index in [4.69, 9.17) is 9.59 Å². The first-order chi connectivity index (χ1) is 5.08. The molecule has 0 heterocycles. The average Bonchev–Trinajstić information content (AvgIpc) is 1.85. The molecule has 0 aliphatic carbocycles. The third kappa shape index (κ3) is 3.12. The van der Waals surface area contributed by atoms with Crippen LogP contribution in [0.3, 0.4) is 0 Å². The van der Waals surface area contributed by atoms with Gasteiger partial charge in [0.25, 0.3) is 0 Å². The second-order valence-electron chi connectivity index (χ2n) is 1.94. The van der Waals surface area contributed by atoms with E-state index in [1.54, 1.807) is 18.2 Å². The second-order valence-corrected chi connectivity index (χ2v) is 3.21. The van der Waals surface area contributed by atoms with Crippen LogP contribution in [0.15, 0.2) is 30.3 Å². The van der Waals surface area contributed by atoms with Gasteiger partial charge in [0, 0.05) is 0 Å². The Kier molecular flexibility index (Phi) is 2.23. The molecule has 2 N–H and O–H groups in total. The molecular weight excluding hydrogens is 167 g/mol. The number of hydrogen-bond acceptors (Lipinski definition) is 3. The molecule has 0 amide bonds. The van der Waals surface area contributed by atoms with Crippen molar-refractivity contribution in [3.8, 4) is 5.75 Å². The molecule has 0 saturated heterocycles. The summed E-state index contributed by atoms with van der Waals surface area (Å²) in [5, 5.41) is 0. The van der Waals surface area contributed by atoms with E-state index >= 15 is 0 Å². The van der Waals surface area contributed by atoms with Crippen molar-refractivity contribution in [2.75, 3.05) is 0 Å². The highest BCUT2D eigenvalue weighted by molar-refractivity contribution is 6.50. The zero-order chi connectivity index (χ0) is 8.32. The van der Waals surface area contributed by atoms with Crippen LogP contribution in [0.4, 0.5) is 4.11 Å². The topological polar surface area (TPSA) is 49.7 Å². The molecule has 60 valence electrons. The van der Waals surface area contributed by atoms with Crippen molar-refractivity contribution < 1.29 is 18.1 Å². The lowest BCUT2D eigenvalue weighted by Crippen LogP contribution is -2.36. The molecule has 1 aromatic rings. The molecule has 5 heteroatoms. The standard InChI is InChI=1S/C6H7FO3Si/c7-11(8,9)10-6-4-2-1-3-5-6/h1-5,8-9H. The molecule has 0 saturated carbocycles. The smallest absolute Gasteiger partial charge is 0.478 e. The summed E-state index contributed by atoms with van der Waals surface area (Å²) in [7, 11) is -4.90. The number of halogens is 1. The molecule has 0 aliphatic heterocycles. The van der Waals surface area contributed by atoms with Crippen LogP contribution < -0.4 is 4.43 Å². The van der Waals surface area contributed by atoms with Crippen LogP contribution in [0.1, 0.15) is 0 Å². The van der Waals surface area contributed by atoms with E-state index in [9.17, 15) is 4.11 Å². The fourth-order valence-electron chi connectivity index (χ4n) is 0.638. The lowest BCUT2D eigenvalue weighted by atomic mass is 10.3. The van der Waals surface area contributed by atoms with E-state index in [0.29, 0.717) is 0 Å². The number of hydrogen-bond donors (Lipinski definition) is 2. The minimum Gasteiger partial charge on any atom is -0.478 e. The van der Waals surface area contributed by atoms with Gasteiger partial charge in [-0.3, -0.25) is 0 Å². The normalized spacial score (nSPS) is 11.2. The van der Waals surface area contributed by atoms with Gasteiger partial charge >= 0.3 is 9.14 Å². The molecule has 0 atom stereocenters. The molecule has 0 spiro atoms. The first kappa shape index (κ1) is 8.19. The molecule has 3 nitrogen and oxygen atoms in total. The summed E-state index contributed by atoms with van der Waals surface area (Å²) in [6, 6.07) is 7.80. The highest BCUT2D eigenvalue weighted by Gasteiger charge is 2.36. The van der Waals surface area contributed by atoms with Crippen LogP contribution in [0.25, 0.3) is 0 Å². The third-order valence-corrected chi connectivity index (χ3v) is 1.49. The Morgan fingerprint density at radius 1 is 1.18 bits per heavy atom. The maximum absolute atomic E-state index is 12.1. The van der Waals surface area contributed by atoms with Crippen LogP contribution in [-0.2, 0) is 0 Å². The van der Waals surface area contributed by atoms with Gasteiger partial charge in [-0.2, -0.15) is 0 Å². The SMILES string of the molecule is O[Si](O)(F)Oc1ccccc1. The second kappa shape index (κ2) is 2.99. The molecule has 11 heavy (non-hydrogen) atoms. The van der Waals surface area contributed by atoms with Gasteiger partial charge in [0.05, 0.1) is 0 Å². The maximum atomic E-state index is 12.1. The number of rotatable bonds is 2. The number of para-hydroxylation sites is 1. The van der Waals surface area contributed by atoms with Gasteiger partial charge < -0.3 is 14.0 Å². The predicted molar refractivity (Wildman–Crippen MR) is 38.4 cm³/mol. The molecule has 0 aliphatic rings. The van der Waals surface area contributed by atoms with Crippen molar-refractivity contribution in [2.45, 2.75) is 0 Å². The molecule has 1 aromatic carbocycles. The van der Waals surface area contributed by atoms with Crippen LogP contribution in [0, 0.1) is 0 Å². The van der Waals surface area contributed by atoms with Crippen LogP contribution in [0.2, 0.25) is 0 Å². The minimum atomic E-state index is -4.90. The van der Waals surface area contributed by atoms with Crippen molar-refractivity contribution in [2.24, 2.45) is 0 Å². The van der Waals surface area contributed by atoms with E-state index in [0.717, 1.165) is 0 Å². The molecular formula is C6H7FO3Si. The summed E-state index contributed by atoms with van der Waals surface area (Å²) in [6.45, 7) is 0. The monoisotopic (exact) mass is 174 g/mol. The quantitative estimate of drug-likeness (QED) is 0.505. The summed E-state index contributed by atoms with van der Waals surface area (Å²) in [5.74, 6) is 0.117. The van der Waals surface area contributed by atoms with Crippen molar-refractivity contribution in [3.63, 3.8) is 0 Å². The number of benzene rings is 1. The minimum absolute atomic E-state index is 0.117. The van der Waals surface area contributed by atoms with Crippen molar-refractivity contribution in [1.29, 1.82) is 0 Å². The Morgan fingerprint density at radius 3 is 2.18 bits per heavy atom. The van der Waals surface area contributed by atoms with Gasteiger partial charge in [-0.1, -0.05) is 18.2 Å². The molecule has 0 radical (unpaired) electrons. The lowest BCUT2D eigenvalue weighted by molar-refractivity contribution is 0.176. The average molecular weight is 174 g/mol. The van der Waals surface area contributed by atoms with Gasteiger partial charge in [-0.25, -0.2) is 4.11 Å². The Labute approximate surface area is 64.2 Å². The Hall–Kier alpha value is -0.913. The largest absolute Gasteiger partial charge is 0.785 e. The Morgan fingerprint density at radius 2 is 1.73 bits per heavy atom. The fraction of sp³-hybridized carbons (Fsp3) is 0. The summed E-state index contributed by atoms with van der Waals surface area (Å²) in [6.07, 6.45) is 0. The van der Waals surface area contributed by atoms with E-state index in [1.165, 1.54) is 12.1 Å². The van der Waals surface area contributed by atoms with Gasteiger partial charge in [0.15, 0.2) is 0 Å². The highest BCUT2D eigenvalue weighted by atomic mass is 28.4.